The van der Waals surface area contributed by atoms with Gasteiger partial charge in [-0.3, -0.25) is 4.68 Å². The molecule has 23 heavy (non-hydrogen) atoms. The van der Waals surface area contributed by atoms with Crippen molar-refractivity contribution in [2.75, 3.05) is 6.54 Å². The van der Waals surface area contributed by atoms with E-state index in [-0.39, 0.29) is 18.2 Å². The number of aromatic nitrogens is 2. The van der Waals surface area contributed by atoms with Crippen molar-refractivity contribution < 1.29 is 9.90 Å². The molecule has 3 atom stereocenters. The third-order valence-electron chi connectivity index (χ3n) is 4.93. The first-order chi connectivity index (χ1) is 10.9. The van der Waals surface area contributed by atoms with Gasteiger partial charge in [0.25, 0.3) is 0 Å². The summed E-state index contributed by atoms with van der Waals surface area (Å²) in [7, 11) is 1.92. The summed E-state index contributed by atoms with van der Waals surface area (Å²) in [5, 5.41) is 20.2. The standard InChI is InChI=1S/C17H30N4O2/c1-5-15(16-11(2)20-21(4)12(16)3)19-17(23)18-10-13-7-6-8-14(22)9-13/h13-15,22H,5-10H2,1-4H3,(H2,18,19,23). The first-order valence-corrected chi connectivity index (χ1v) is 8.64. The third-order valence-corrected chi connectivity index (χ3v) is 4.93. The van der Waals surface area contributed by atoms with Crippen LogP contribution in [0.4, 0.5) is 4.79 Å². The zero-order valence-corrected chi connectivity index (χ0v) is 14.7. The summed E-state index contributed by atoms with van der Waals surface area (Å²) in [5.74, 6) is 0.381. The molecule has 1 aromatic rings. The Labute approximate surface area is 138 Å². The molecule has 1 aliphatic rings. The molecule has 6 nitrogen and oxygen atoms in total. The number of aryl methyl sites for hydroxylation is 2. The minimum absolute atomic E-state index is 0.0272. The lowest BCUT2D eigenvalue weighted by atomic mass is 9.87. The van der Waals surface area contributed by atoms with Gasteiger partial charge in [0.2, 0.25) is 0 Å². The van der Waals surface area contributed by atoms with Gasteiger partial charge >= 0.3 is 6.03 Å². The van der Waals surface area contributed by atoms with Crippen LogP contribution in [0, 0.1) is 19.8 Å². The van der Waals surface area contributed by atoms with Gasteiger partial charge in [-0.2, -0.15) is 5.10 Å². The van der Waals surface area contributed by atoms with Crippen LogP contribution in [0.2, 0.25) is 0 Å². The maximum Gasteiger partial charge on any atom is 0.315 e. The number of nitrogens with one attached hydrogen (secondary N) is 2. The Balaban J connectivity index is 1.89. The molecule has 0 aliphatic heterocycles. The lowest BCUT2D eigenvalue weighted by molar-refractivity contribution is 0.101. The van der Waals surface area contributed by atoms with Crippen molar-refractivity contribution in [2.45, 2.75) is 65.0 Å². The molecule has 3 unspecified atom stereocenters. The minimum Gasteiger partial charge on any atom is -0.393 e. The molecule has 2 amide bonds. The van der Waals surface area contributed by atoms with E-state index in [9.17, 15) is 9.90 Å². The number of rotatable bonds is 5. The number of nitrogens with zero attached hydrogens (tertiary/aromatic N) is 2. The van der Waals surface area contributed by atoms with Crippen LogP contribution in [-0.4, -0.2) is 33.6 Å². The Morgan fingerprint density at radius 2 is 2.17 bits per heavy atom. The van der Waals surface area contributed by atoms with Crippen LogP contribution >= 0.6 is 0 Å². The highest BCUT2D eigenvalue weighted by atomic mass is 16.3. The van der Waals surface area contributed by atoms with Crippen LogP contribution in [0.1, 0.15) is 62.0 Å². The summed E-state index contributed by atoms with van der Waals surface area (Å²) in [5.41, 5.74) is 3.16. The number of amides is 2. The third kappa shape index (κ3) is 4.47. The number of carbonyl (C=O) groups excluding carboxylic acids is 1. The summed E-state index contributed by atoms with van der Waals surface area (Å²) < 4.78 is 1.86. The number of carbonyl (C=O) groups is 1. The fraction of sp³-hybridized carbons (Fsp3) is 0.765. The summed E-state index contributed by atoms with van der Waals surface area (Å²) >= 11 is 0. The van der Waals surface area contributed by atoms with Crippen molar-refractivity contribution in [3.63, 3.8) is 0 Å². The molecule has 1 saturated carbocycles. The Morgan fingerprint density at radius 1 is 1.43 bits per heavy atom. The zero-order chi connectivity index (χ0) is 17.0. The van der Waals surface area contributed by atoms with Gasteiger partial charge in [0, 0.05) is 24.8 Å². The van der Waals surface area contributed by atoms with Crippen molar-refractivity contribution in [3.05, 3.63) is 17.0 Å². The molecular formula is C17H30N4O2. The van der Waals surface area contributed by atoms with Gasteiger partial charge in [0.1, 0.15) is 0 Å². The summed E-state index contributed by atoms with van der Waals surface area (Å²) in [4.78, 5) is 12.2. The second-order valence-electron chi connectivity index (χ2n) is 6.71. The molecule has 0 aromatic carbocycles. The topological polar surface area (TPSA) is 79.2 Å². The van der Waals surface area contributed by atoms with E-state index < -0.39 is 0 Å². The minimum atomic E-state index is -0.206. The number of urea groups is 1. The monoisotopic (exact) mass is 322 g/mol. The summed E-state index contributed by atoms with van der Waals surface area (Å²) in [6, 6.07) is -0.166. The smallest absolute Gasteiger partial charge is 0.315 e. The highest BCUT2D eigenvalue weighted by Crippen LogP contribution is 2.25. The van der Waals surface area contributed by atoms with Crippen LogP contribution in [0.25, 0.3) is 0 Å². The number of hydrogen-bond donors (Lipinski definition) is 3. The normalized spacial score (nSPS) is 22.7. The summed E-state index contributed by atoms with van der Waals surface area (Å²) in [6.07, 6.45) is 4.42. The molecule has 0 bridgehead atoms. The second-order valence-corrected chi connectivity index (χ2v) is 6.71. The molecule has 1 fully saturated rings. The predicted molar refractivity (Wildman–Crippen MR) is 90.2 cm³/mol. The molecule has 2 rings (SSSR count). The van der Waals surface area contributed by atoms with Crippen LogP contribution in [0.3, 0.4) is 0 Å². The molecule has 1 aromatic heterocycles. The van der Waals surface area contributed by atoms with Gasteiger partial charge in [0.05, 0.1) is 17.8 Å². The Hall–Kier alpha value is -1.56. The van der Waals surface area contributed by atoms with Crippen LogP contribution < -0.4 is 10.6 Å². The van der Waals surface area contributed by atoms with Gasteiger partial charge in [-0.05, 0) is 45.4 Å². The van der Waals surface area contributed by atoms with Crippen molar-refractivity contribution >= 4 is 6.03 Å². The van der Waals surface area contributed by atoms with E-state index >= 15 is 0 Å². The Kier molecular flexibility index (Phi) is 6.04. The largest absolute Gasteiger partial charge is 0.393 e. The first kappa shape index (κ1) is 17.8. The van der Waals surface area contributed by atoms with Gasteiger partial charge in [0.15, 0.2) is 0 Å². The number of hydrogen-bond acceptors (Lipinski definition) is 3. The lowest BCUT2D eigenvalue weighted by Crippen LogP contribution is -2.41. The maximum atomic E-state index is 12.2. The maximum absolute atomic E-state index is 12.2. The Bertz CT molecular complexity index is 541. The molecule has 1 aliphatic carbocycles. The SMILES string of the molecule is CCC(NC(=O)NCC1CCCC(O)C1)c1c(C)nn(C)c1C. The quantitative estimate of drug-likeness (QED) is 0.778. The average molecular weight is 322 g/mol. The summed E-state index contributed by atoms with van der Waals surface area (Å²) in [6.45, 7) is 6.70. The van der Waals surface area contributed by atoms with E-state index in [2.05, 4.69) is 22.7 Å². The average Bonchev–Trinajstić information content (AvgIpc) is 2.76. The van der Waals surface area contributed by atoms with Crippen LogP contribution in [0.15, 0.2) is 0 Å². The molecule has 0 radical (unpaired) electrons. The number of aliphatic hydroxyl groups is 1. The Morgan fingerprint density at radius 3 is 2.74 bits per heavy atom. The van der Waals surface area contributed by atoms with Gasteiger partial charge in [-0.1, -0.05) is 13.3 Å². The highest BCUT2D eigenvalue weighted by molar-refractivity contribution is 5.74. The molecular weight excluding hydrogens is 292 g/mol. The van der Waals surface area contributed by atoms with E-state index in [0.717, 1.165) is 49.1 Å². The predicted octanol–water partition coefficient (Wildman–Crippen LogP) is 2.34. The second kappa shape index (κ2) is 7.81. The zero-order valence-electron chi connectivity index (χ0n) is 14.7. The molecule has 3 N–H and O–H groups in total. The molecule has 0 saturated heterocycles. The molecule has 0 spiro atoms. The first-order valence-electron chi connectivity index (χ1n) is 8.64. The lowest BCUT2D eigenvalue weighted by Gasteiger charge is -2.26. The van der Waals surface area contributed by atoms with E-state index in [1.54, 1.807) is 0 Å². The highest BCUT2D eigenvalue weighted by Gasteiger charge is 2.23. The fourth-order valence-corrected chi connectivity index (χ4v) is 3.57. The van der Waals surface area contributed by atoms with Crippen molar-refractivity contribution in [2.24, 2.45) is 13.0 Å². The van der Waals surface area contributed by atoms with E-state index in [0.29, 0.717) is 12.5 Å². The van der Waals surface area contributed by atoms with Crippen LogP contribution in [-0.2, 0) is 7.05 Å². The fourth-order valence-electron chi connectivity index (χ4n) is 3.57. The van der Waals surface area contributed by atoms with Gasteiger partial charge < -0.3 is 15.7 Å². The molecule has 1 heterocycles. The molecule has 130 valence electrons. The van der Waals surface area contributed by atoms with E-state index in [1.807, 2.05) is 25.6 Å². The van der Waals surface area contributed by atoms with Gasteiger partial charge in [-0.25, -0.2) is 4.79 Å². The van der Waals surface area contributed by atoms with Crippen molar-refractivity contribution in [1.29, 1.82) is 0 Å². The van der Waals surface area contributed by atoms with E-state index in [1.165, 1.54) is 0 Å². The van der Waals surface area contributed by atoms with Crippen molar-refractivity contribution in [1.82, 2.24) is 20.4 Å². The van der Waals surface area contributed by atoms with E-state index in [4.69, 9.17) is 0 Å². The number of aliphatic hydroxyl groups excluding tert-OH is 1. The van der Waals surface area contributed by atoms with Crippen molar-refractivity contribution in [3.8, 4) is 0 Å². The van der Waals surface area contributed by atoms with Gasteiger partial charge in [-0.15, -0.1) is 0 Å². The van der Waals surface area contributed by atoms with Crippen LogP contribution in [0.5, 0.6) is 0 Å². The molecule has 6 heteroatoms.